The molecule has 0 radical (unpaired) electrons. The summed E-state index contributed by atoms with van der Waals surface area (Å²) in [6, 6.07) is 7.72. The Kier molecular flexibility index (Phi) is 2.89. The topological polar surface area (TPSA) is 59.0 Å². The fourth-order valence-corrected chi connectivity index (χ4v) is 1.81. The maximum Gasteiger partial charge on any atom is 0.122 e. The Balaban J connectivity index is 2.18. The molecule has 3 nitrogen and oxygen atoms in total. The zero-order valence-electron chi connectivity index (χ0n) is 8.57. The minimum atomic E-state index is -0.424. The molecule has 0 aliphatic carbocycles. The van der Waals surface area contributed by atoms with Crippen molar-refractivity contribution in [3.8, 4) is 11.8 Å². The van der Waals surface area contributed by atoms with Gasteiger partial charge in [-0.05, 0) is 30.0 Å². The number of nitriles is 1. The summed E-state index contributed by atoms with van der Waals surface area (Å²) in [5.41, 5.74) is 7.91. The van der Waals surface area contributed by atoms with Gasteiger partial charge in [0.05, 0.1) is 18.7 Å². The van der Waals surface area contributed by atoms with E-state index in [1.807, 2.05) is 18.2 Å². The molecular weight excluding hydrogens is 188 g/mol. The lowest BCUT2D eigenvalue weighted by Crippen LogP contribution is -2.20. The van der Waals surface area contributed by atoms with Crippen molar-refractivity contribution in [2.75, 3.05) is 6.61 Å². The number of aryl methyl sites for hydroxylation is 1. The number of hydrogen-bond acceptors (Lipinski definition) is 3. The highest BCUT2D eigenvalue weighted by Gasteiger charge is 2.11. The average Bonchev–Trinajstić information content (AvgIpc) is 2.29. The van der Waals surface area contributed by atoms with E-state index in [0.29, 0.717) is 6.42 Å². The standard InChI is InChI=1S/C12H14N2O/c13-8-11(14)6-9-3-4-10-2-1-5-15-12(10)7-9/h3-4,7,11H,1-2,5-6,14H2/t11-/m0/s1. The highest BCUT2D eigenvalue weighted by atomic mass is 16.5. The molecule has 1 aliphatic rings. The lowest BCUT2D eigenvalue weighted by atomic mass is 10.0. The molecule has 0 saturated carbocycles. The van der Waals surface area contributed by atoms with E-state index in [0.717, 1.165) is 30.8 Å². The van der Waals surface area contributed by atoms with Gasteiger partial charge in [0, 0.05) is 6.42 Å². The van der Waals surface area contributed by atoms with Crippen LogP contribution in [0.25, 0.3) is 0 Å². The van der Waals surface area contributed by atoms with Crippen LogP contribution in [0.5, 0.6) is 5.75 Å². The van der Waals surface area contributed by atoms with Gasteiger partial charge in [0.15, 0.2) is 0 Å². The lowest BCUT2D eigenvalue weighted by Gasteiger charge is -2.18. The van der Waals surface area contributed by atoms with Gasteiger partial charge >= 0.3 is 0 Å². The third-order valence-corrected chi connectivity index (χ3v) is 2.60. The number of rotatable bonds is 2. The van der Waals surface area contributed by atoms with Gasteiger partial charge in [-0.2, -0.15) is 5.26 Å². The molecule has 0 bridgehead atoms. The Morgan fingerprint density at radius 3 is 3.20 bits per heavy atom. The molecule has 1 aliphatic heterocycles. The van der Waals surface area contributed by atoms with Crippen LogP contribution < -0.4 is 10.5 Å². The highest BCUT2D eigenvalue weighted by molar-refractivity contribution is 5.39. The largest absolute Gasteiger partial charge is 0.493 e. The van der Waals surface area contributed by atoms with Gasteiger partial charge in [-0.25, -0.2) is 0 Å². The van der Waals surface area contributed by atoms with Crippen molar-refractivity contribution in [1.29, 1.82) is 5.26 Å². The van der Waals surface area contributed by atoms with Crippen molar-refractivity contribution in [3.63, 3.8) is 0 Å². The number of nitrogens with zero attached hydrogens (tertiary/aromatic N) is 1. The summed E-state index contributed by atoms with van der Waals surface area (Å²) in [6.45, 7) is 0.792. The fourth-order valence-electron chi connectivity index (χ4n) is 1.81. The van der Waals surface area contributed by atoms with Crippen LogP contribution in [0.4, 0.5) is 0 Å². The number of nitrogens with two attached hydrogens (primary N) is 1. The number of fused-ring (bicyclic) bond motifs is 1. The first-order chi connectivity index (χ1) is 7.29. The molecule has 1 atom stereocenters. The van der Waals surface area contributed by atoms with Crippen molar-refractivity contribution in [3.05, 3.63) is 29.3 Å². The molecule has 0 spiro atoms. The molecule has 1 heterocycles. The molecule has 2 N–H and O–H groups in total. The van der Waals surface area contributed by atoms with Gasteiger partial charge in [-0.3, -0.25) is 0 Å². The third kappa shape index (κ3) is 2.28. The van der Waals surface area contributed by atoms with E-state index in [4.69, 9.17) is 15.7 Å². The molecule has 0 aromatic heterocycles. The summed E-state index contributed by atoms with van der Waals surface area (Å²) in [5, 5.41) is 8.63. The van der Waals surface area contributed by atoms with Gasteiger partial charge in [0.25, 0.3) is 0 Å². The van der Waals surface area contributed by atoms with E-state index in [1.165, 1.54) is 5.56 Å². The van der Waals surface area contributed by atoms with Crippen LogP contribution >= 0.6 is 0 Å². The van der Waals surface area contributed by atoms with Crippen molar-refractivity contribution in [1.82, 2.24) is 0 Å². The Labute approximate surface area is 89.5 Å². The molecule has 1 aromatic rings. The molecule has 0 unspecified atom stereocenters. The van der Waals surface area contributed by atoms with Crippen molar-refractivity contribution in [2.45, 2.75) is 25.3 Å². The summed E-state index contributed by atoms with van der Waals surface area (Å²) in [5.74, 6) is 0.962. The third-order valence-electron chi connectivity index (χ3n) is 2.60. The molecule has 0 saturated heterocycles. The number of ether oxygens (including phenoxy) is 1. The van der Waals surface area contributed by atoms with Gasteiger partial charge in [-0.1, -0.05) is 12.1 Å². The molecule has 15 heavy (non-hydrogen) atoms. The second-order valence-corrected chi connectivity index (χ2v) is 3.83. The summed E-state index contributed by atoms with van der Waals surface area (Å²) in [7, 11) is 0. The Hall–Kier alpha value is -1.53. The molecule has 2 rings (SSSR count). The van der Waals surface area contributed by atoms with Crippen molar-refractivity contribution >= 4 is 0 Å². The molecule has 0 fully saturated rings. The van der Waals surface area contributed by atoms with E-state index in [-0.39, 0.29) is 0 Å². The van der Waals surface area contributed by atoms with Crippen LogP contribution in [-0.2, 0) is 12.8 Å². The SMILES string of the molecule is N#C[C@@H](N)Cc1ccc2c(c1)OCCC2. The predicted molar refractivity (Wildman–Crippen MR) is 57.6 cm³/mol. The zero-order valence-corrected chi connectivity index (χ0v) is 8.57. The Morgan fingerprint density at radius 2 is 2.40 bits per heavy atom. The zero-order chi connectivity index (χ0) is 10.7. The Bertz CT molecular complexity index is 395. The fraction of sp³-hybridized carbons (Fsp3) is 0.417. The number of hydrogen-bond donors (Lipinski definition) is 1. The molecule has 1 aromatic carbocycles. The van der Waals surface area contributed by atoms with Crippen LogP contribution in [-0.4, -0.2) is 12.6 Å². The normalized spacial score (nSPS) is 16.0. The molecule has 3 heteroatoms. The van der Waals surface area contributed by atoms with Gasteiger partial charge in [-0.15, -0.1) is 0 Å². The quantitative estimate of drug-likeness (QED) is 0.788. The molecular formula is C12H14N2O. The van der Waals surface area contributed by atoms with E-state index in [9.17, 15) is 0 Å². The van der Waals surface area contributed by atoms with E-state index in [2.05, 4.69) is 6.07 Å². The average molecular weight is 202 g/mol. The second kappa shape index (κ2) is 4.33. The van der Waals surface area contributed by atoms with E-state index in [1.54, 1.807) is 0 Å². The second-order valence-electron chi connectivity index (χ2n) is 3.83. The van der Waals surface area contributed by atoms with Crippen molar-refractivity contribution < 1.29 is 4.74 Å². The lowest BCUT2D eigenvalue weighted by molar-refractivity contribution is 0.288. The molecule has 78 valence electrons. The summed E-state index contributed by atoms with van der Waals surface area (Å²) >= 11 is 0. The van der Waals surface area contributed by atoms with E-state index >= 15 is 0 Å². The summed E-state index contributed by atoms with van der Waals surface area (Å²) in [4.78, 5) is 0. The van der Waals surface area contributed by atoms with Crippen LogP contribution in [0.3, 0.4) is 0 Å². The van der Waals surface area contributed by atoms with E-state index < -0.39 is 6.04 Å². The van der Waals surface area contributed by atoms with Gasteiger partial charge < -0.3 is 10.5 Å². The van der Waals surface area contributed by atoms with Crippen LogP contribution in [0.2, 0.25) is 0 Å². The minimum Gasteiger partial charge on any atom is -0.493 e. The maximum absolute atomic E-state index is 8.63. The van der Waals surface area contributed by atoms with Gasteiger partial charge in [0.1, 0.15) is 5.75 Å². The van der Waals surface area contributed by atoms with Crippen LogP contribution in [0.15, 0.2) is 18.2 Å². The highest BCUT2D eigenvalue weighted by Crippen LogP contribution is 2.26. The first kappa shape index (κ1) is 10.0. The summed E-state index contributed by atoms with van der Waals surface area (Å²) < 4.78 is 5.56. The Morgan fingerprint density at radius 1 is 1.53 bits per heavy atom. The minimum absolute atomic E-state index is 0.424. The van der Waals surface area contributed by atoms with Crippen LogP contribution in [0, 0.1) is 11.3 Å². The first-order valence-corrected chi connectivity index (χ1v) is 5.19. The van der Waals surface area contributed by atoms with Gasteiger partial charge in [0.2, 0.25) is 0 Å². The predicted octanol–water partition coefficient (Wildman–Crippen LogP) is 1.40. The monoisotopic (exact) mass is 202 g/mol. The summed E-state index contributed by atoms with van der Waals surface area (Å²) in [6.07, 6.45) is 2.76. The number of benzene rings is 1. The van der Waals surface area contributed by atoms with Crippen molar-refractivity contribution in [2.24, 2.45) is 5.73 Å². The maximum atomic E-state index is 8.63. The first-order valence-electron chi connectivity index (χ1n) is 5.19. The van der Waals surface area contributed by atoms with Crippen LogP contribution in [0.1, 0.15) is 17.5 Å². The molecule has 0 amide bonds. The smallest absolute Gasteiger partial charge is 0.122 e.